The summed E-state index contributed by atoms with van der Waals surface area (Å²) >= 11 is 0. The molecule has 6 nitrogen and oxygen atoms in total. The van der Waals surface area contributed by atoms with Gasteiger partial charge < -0.3 is 9.79 Å². The molecule has 0 radical (unpaired) electrons. The van der Waals surface area contributed by atoms with Gasteiger partial charge >= 0.3 is 7.82 Å². The maximum atomic E-state index is 9.86. The predicted molar refractivity (Wildman–Crippen MR) is 36.7 cm³/mol. The van der Waals surface area contributed by atoms with Gasteiger partial charge in [0.05, 0.1) is 6.61 Å². The van der Waals surface area contributed by atoms with E-state index in [0.717, 1.165) is 0 Å². The molecule has 0 aliphatic carbocycles. The van der Waals surface area contributed by atoms with Crippen molar-refractivity contribution in [3.63, 3.8) is 0 Å². The molecule has 0 atom stereocenters. The maximum Gasteiger partial charge on any atom is 0.469 e. The van der Waals surface area contributed by atoms with Crippen molar-refractivity contribution >= 4 is 7.82 Å². The molecular formula is C3H13N2O4P. The van der Waals surface area contributed by atoms with E-state index in [1.54, 1.807) is 6.92 Å². The number of hydrogen-bond donors (Lipinski definition) is 4. The smallest absolute Gasteiger partial charge is 0.303 e. The van der Waals surface area contributed by atoms with Crippen LogP contribution < -0.4 is 11.7 Å². The molecule has 0 aliphatic heterocycles. The number of hydrazine groups is 1. The molecule has 6 N–H and O–H groups in total. The van der Waals surface area contributed by atoms with Gasteiger partial charge in [-0.15, -0.1) is 0 Å². The molecule has 0 rings (SSSR count). The van der Waals surface area contributed by atoms with Crippen molar-refractivity contribution in [1.82, 2.24) is 0 Å². The Morgan fingerprint density at radius 3 is 2.00 bits per heavy atom. The van der Waals surface area contributed by atoms with Gasteiger partial charge in [-0.05, 0) is 6.42 Å². The standard InChI is InChI=1S/C3H9O4P.H4N2/c1-2-3-7-8(4,5)6;1-2/h2-3H2,1H3,(H2,4,5,6);1-2H2. The molecule has 0 spiro atoms. The Morgan fingerprint density at radius 2 is 1.90 bits per heavy atom. The molecule has 0 fully saturated rings. The largest absolute Gasteiger partial charge is 0.469 e. The number of hydrogen-bond acceptors (Lipinski definition) is 4. The fourth-order valence-corrected chi connectivity index (χ4v) is 0.631. The highest BCUT2D eigenvalue weighted by Crippen LogP contribution is 2.35. The summed E-state index contributed by atoms with van der Waals surface area (Å²) in [5.41, 5.74) is 0. The molecule has 0 saturated heterocycles. The van der Waals surface area contributed by atoms with Crippen molar-refractivity contribution < 1.29 is 18.9 Å². The first-order chi connectivity index (χ1) is 4.56. The SMILES string of the molecule is CCCOP(=O)(O)O.NN. The first kappa shape index (κ1) is 12.7. The zero-order valence-electron chi connectivity index (χ0n) is 5.73. The van der Waals surface area contributed by atoms with E-state index in [1.165, 1.54) is 0 Å². The van der Waals surface area contributed by atoms with Crippen molar-refractivity contribution in [1.29, 1.82) is 0 Å². The zero-order valence-corrected chi connectivity index (χ0v) is 6.62. The predicted octanol–water partition coefficient (Wildman–Crippen LogP) is -0.676. The van der Waals surface area contributed by atoms with E-state index >= 15 is 0 Å². The zero-order chi connectivity index (χ0) is 8.62. The third kappa shape index (κ3) is 15.7. The van der Waals surface area contributed by atoms with Gasteiger partial charge in [0.25, 0.3) is 0 Å². The maximum absolute atomic E-state index is 9.86. The van der Waals surface area contributed by atoms with Gasteiger partial charge in [-0.2, -0.15) is 0 Å². The van der Waals surface area contributed by atoms with Crippen LogP contribution in [0.25, 0.3) is 0 Å². The van der Waals surface area contributed by atoms with Gasteiger partial charge in [0.2, 0.25) is 0 Å². The first-order valence-corrected chi connectivity index (χ1v) is 4.12. The van der Waals surface area contributed by atoms with E-state index in [9.17, 15) is 4.57 Å². The van der Waals surface area contributed by atoms with Gasteiger partial charge in [0.15, 0.2) is 0 Å². The van der Waals surface area contributed by atoms with E-state index in [0.29, 0.717) is 6.42 Å². The molecule has 0 bridgehead atoms. The second-order valence-electron chi connectivity index (χ2n) is 1.32. The van der Waals surface area contributed by atoms with Crippen LogP contribution >= 0.6 is 7.82 Å². The van der Waals surface area contributed by atoms with Gasteiger partial charge in [-0.25, -0.2) is 4.57 Å². The van der Waals surface area contributed by atoms with Crippen molar-refractivity contribution in [3.8, 4) is 0 Å². The van der Waals surface area contributed by atoms with Crippen LogP contribution in [0.5, 0.6) is 0 Å². The van der Waals surface area contributed by atoms with Crippen LogP contribution in [0.4, 0.5) is 0 Å². The lowest BCUT2D eigenvalue weighted by Gasteiger charge is -2.00. The molecule has 0 aromatic carbocycles. The molecule has 0 aliphatic rings. The Hall–Kier alpha value is 0.0300. The number of phosphoric acid groups is 1. The Labute approximate surface area is 59.4 Å². The third-order valence-corrected chi connectivity index (χ3v) is 0.983. The summed E-state index contributed by atoms with van der Waals surface area (Å²) in [4.78, 5) is 16.1. The highest BCUT2D eigenvalue weighted by atomic mass is 31.2. The molecule has 0 heterocycles. The minimum Gasteiger partial charge on any atom is -0.303 e. The van der Waals surface area contributed by atoms with Crippen LogP contribution in [0.15, 0.2) is 0 Å². The quantitative estimate of drug-likeness (QED) is 0.254. The minimum atomic E-state index is -4.18. The lowest BCUT2D eigenvalue weighted by molar-refractivity contribution is 0.197. The van der Waals surface area contributed by atoms with Crippen LogP contribution in [0.1, 0.15) is 13.3 Å². The number of phosphoric ester groups is 1. The van der Waals surface area contributed by atoms with Gasteiger partial charge in [0.1, 0.15) is 0 Å². The fraction of sp³-hybridized carbons (Fsp3) is 1.00. The summed E-state index contributed by atoms with van der Waals surface area (Å²) in [6.45, 7) is 1.89. The average Bonchev–Trinajstić information content (AvgIpc) is 1.87. The Balaban J connectivity index is 0. The molecule has 0 aromatic heterocycles. The Kier molecular flexibility index (Phi) is 9.06. The van der Waals surface area contributed by atoms with Crippen molar-refractivity contribution in [3.05, 3.63) is 0 Å². The van der Waals surface area contributed by atoms with Crippen LogP contribution in [-0.2, 0) is 9.09 Å². The normalized spacial score (nSPS) is 10.1. The Bertz CT molecular complexity index is 103. The van der Waals surface area contributed by atoms with E-state index in [1.807, 2.05) is 0 Å². The third-order valence-electron chi connectivity index (χ3n) is 0.464. The molecule has 10 heavy (non-hydrogen) atoms. The van der Waals surface area contributed by atoms with E-state index in [-0.39, 0.29) is 6.61 Å². The van der Waals surface area contributed by atoms with Crippen LogP contribution in [-0.4, -0.2) is 16.4 Å². The van der Waals surface area contributed by atoms with Crippen molar-refractivity contribution in [2.45, 2.75) is 13.3 Å². The summed E-state index contributed by atoms with van der Waals surface area (Å²) in [7, 11) is -4.18. The molecule has 0 aromatic rings. The molecule has 0 saturated carbocycles. The highest BCUT2D eigenvalue weighted by Gasteiger charge is 2.11. The van der Waals surface area contributed by atoms with Gasteiger partial charge in [-0.3, -0.25) is 16.2 Å². The van der Waals surface area contributed by atoms with Crippen molar-refractivity contribution in [2.24, 2.45) is 11.7 Å². The molecular weight excluding hydrogens is 159 g/mol. The van der Waals surface area contributed by atoms with Crippen molar-refractivity contribution in [2.75, 3.05) is 6.61 Å². The average molecular weight is 172 g/mol. The summed E-state index contributed by atoms with van der Waals surface area (Å²) in [5.74, 6) is 8.00. The minimum absolute atomic E-state index is 0.115. The molecule has 64 valence electrons. The fourth-order valence-electron chi connectivity index (χ4n) is 0.210. The molecule has 0 unspecified atom stereocenters. The van der Waals surface area contributed by atoms with Gasteiger partial charge in [-0.1, -0.05) is 6.92 Å². The van der Waals surface area contributed by atoms with E-state index < -0.39 is 7.82 Å². The number of nitrogens with two attached hydrogens (primary N) is 2. The summed E-state index contributed by atoms with van der Waals surface area (Å²) in [6.07, 6.45) is 0.616. The number of rotatable bonds is 3. The summed E-state index contributed by atoms with van der Waals surface area (Å²) in [6, 6.07) is 0. The summed E-state index contributed by atoms with van der Waals surface area (Å²) in [5, 5.41) is 0. The molecule has 0 amide bonds. The second-order valence-corrected chi connectivity index (χ2v) is 2.56. The Morgan fingerprint density at radius 1 is 1.50 bits per heavy atom. The topological polar surface area (TPSA) is 119 Å². The first-order valence-electron chi connectivity index (χ1n) is 2.59. The lowest BCUT2D eigenvalue weighted by atomic mass is 10.5. The van der Waals surface area contributed by atoms with Crippen LogP contribution in [0.3, 0.4) is 0 Å². The van der Waals surface area contributed by atoms with E-state index in [2.05, 4.69) is 16.2 Å². The van der Waals surface area contributed by atoms with Crippen LogP contribution in [0, 0.1) is 0 Å². The van der Waals surface area contributed by atoms with Gasteiger partial charge in [0, 0.05) is 0 Å². The van der Waals surface area contributed by atoms with Crippen LogP contribution in [0.2, 0.25) is 0 Å². The summed E-state index contributed by atoms with van der Waals surface area (Å²) < 4.78 is 13.9. The highest BCUT2D eigenvalue weighted by molar-refractivity contribution is 7.46. The molecule has 7 heteroatoms. The monoisotopic (exact) mass is 172 g/mol. The second kappa shape index (κ2) is 7.14. The lowest BCUT2D eigenvalue weighted by Crippen LogP contribution is -2.02. The van der Waals surface area contributed by atoms with E-state index in [4.69, 9.17) is 9.79 Å².